The SMILES string of the molecule is COc1cccc(CCN2C(=O)CC[C@@H]3CN(Cc4cn(C)c5ccccc45)CC[C@@H]32)c1. The van der Waals surface area contributed by atoms with Gasteiger partial charge in [0, 0.05) is 62.8 Å². The maximum absolute atomic E-state index is 12.8. The van der Waals surface area contributed by atoms with E-state index < -0.39 is 0 Å². The third-order valence-electron chi connectivity index (χ3n) is 7.38. The predicted molar refractivity (Wildman–Crippen MR) is 128 cm³/mol. The summed E-state index contributed by atoms with van der Waals surface area (Å²) in [6.07, 6.45) is 5.93. The Kier molecular flexibility index (Phi) is 5.92. The van der Waals surface area contributed by atoms with Crippen LogP contribution < -0.4 is 4.74 Å². The number of rotatable bonds is 6. The predicted octanol–water partition coefficient (Wildman–Crippen LogP) is 4.24. The molecule has 0 aliphatic carbocycles. The van der Waals surface area contributed by atoms with Crippen LogP contribution in [0.15, 0.2) is 54.7 Å². The Labute approximate surface area is 190 Å². The molecule has 2 fully saturated rings. The summed E-state index contributed by atoms with van der Waals surface area (Å²) < 4.78 is 7.59. The molecule has 1 aromatic heterocycles. The summed E-state index contributed by atoms with van der Waals surface area (Å²) in [5, 5.41) is 1.36. The highest BCUT2D eigenvalue weighted by atomic mass is 16.5. The van der Waals surface area contributed by atoms with E-state index in [1.165, 1.54) is 22.0 Å². The second-order valence-corrected chi connectivity index (χ2v) is 9.36. The number of carbonyl (C=O) groups excluding carboxylic acids is 1. The van der Waals surface area contributed by atoms with Gasteiger partial charge in [0.1, 0.15) is 5.75 Å². The molecule has 32 heavy (non-hydrogen) atoms. The van der Waals surface area contributed by atoms with E-state index in [-0.39, 0.29) is 0 Å². The molecule has 2 aliphatic heterocycles. The molecule has 5 heteroatoms. The first-order valence-electron chi connectivity index (χ1n) is 11.8. The first-order valence-corrected chi connectivity index (χ1v) is 11.8. The van der Waals surface area contributed by atoms with Crippen molar-refractivity contribution >= 4 is 16.8 Å². The van der Waals surface area contributed by atoms with Crippen molar-refractivity contribution in [3.63, 3.8) is 0 Å². The number of hydrogen-bond donors (Lipinski definition) is 0. The van der Waals surface area contributed by atoms with Crippen LogP contribution in [0.4, 0.5) is 0 Å². The van der Waals surface area contributed by atoms with Gasteiger partial charge in [-0.05, 0) is 54.5 Å². The summed E-state index contributed by atoms with van der Waals surface area (Å²) in [6, 6.07) is 17.2. The molecule has 3 heterocycles. The molecule has 2 aliphatic rings. The lowest BCUT2D eigenvalue weighted by atomic mass is 9.83. The zero-order valence-corrected chi connectivity index (χ0v) is 19.2. The van der Waals surface area contributed by atoms with Crippen LogP contribution in [-0.2, 0) is 24.8 Å². The number of hydrogen-bond acceptors (Lipinski definition) is 3. The number of ether oxygens (including phenoxy) is 1. The van der Waals surface area contributed by atoms with Crippen LogP contribution in [0.5, 0.6) is 5.75 Å². The van der Waals surface area contributed by atoms with Crippen molar-refractivity contribution in [3.8, 4) is 5.75 Å². The third kappa shape index (κ3) is 4.14. The average molecular weight is 432 g/mol. The van der Waals surface area contributed by atoms with Crippen LogP contribution in [0.25, 0.3) is 10.9 Å². The molecule has 3 aromatic rings. The molecular formula is C27H33N3O2. The lowest BCUT2D eigenvalue weighted by Crippen LogP contribution is -2.56. The number of aryl methyl sites for hydroxylation is 1. The number of piperidine rings is 2. The molecule has 0 radical (unpaired) electrons. The quantitative estimate of drug-likeness (QED) is 0.586. The van der Waals surface area contributed by atoms with Gasteiger partial charge in [0.2, 0.25) is 5.91 Å². The normalized spacial score (nSPS) is 21.7. The number of amides is 1. The molecule has 1 amide bonds. The summed E-state index contributed by atoms with van der Waals surface area (Å²) in [6.45, 7) is 3.92. The highest BCUT2D eigenvalue weighted by Crippen LogP contribution is 2.33. The largest absolute Gasteiger partial charge is 0.497 e. The van der Waals surface area contributed by atoms with Gasteiger partial charge in [0.25, 0.3) is 0 Å². The van der Waals surface area contributed by atoms with Crippen molar-refractivity contribution in [3.05, 3.63) is 65.9 Å². The first-order chi connectivity index (χ1) is 15.6. The van der Waals surface area contributed by atoms with Crippen molar-refractivity contribution in [2.75, 3.05) is 26.7 Å². The van der Waals surface area contributed by atoms with Gasteiger partial charge in [0.05, 0.1) is 7.11 Å². The Balaban J connectivity index is 1.24. The zero-order valence-electron chi connectivity index (χ0n) is 19.2. The molecule has 0 unspecified atom stereocenters. The van der Waals surface area contributed by atoms with Gasteiger partial charge >= 0.3 is 0 Å². The van der Waals surface area contributed by atoms with Gasteiger partial charge in [-0.2, -0.15) is 0 Å². The number of para-hydroxylation sites is 1. The topological polar surface area (TPSA) is 37.7 Å². The van der Waals surface area contributed by atoms with Gasteiger partial charge in [-0.25, -0.2) is 0 Å². The third-order valence-corrected chi connectivity index (χ3v) is 7.38. The van der Waals surface area contributed by atoms with E-state index in [2.05, 4.69) is 64.0 Å². The summed E-state index contributed by atoms with van der Waals surface area (Å²) in [5.74, 6) is 1.78. The number of carbonyl (C=O) groups is 1. The molecule has 0 N–H and O–H groups in total. The standard InChI is InChI=1S/C27H33N3O2/c1-28-17-22(24-8-3-4-9-26(24)28)19-29-14-13-25-21(18-29)10-11-27(31)30(25)15-12-20-6-5-7-23(16-20)32-2/h3-9,16-17,21,25H,10-15,18-19H2,1-2H3/t21-,25+/m1/s1. The van der Waals surface area contributed by atoms with Crippen molar-refractivity contribution in [2.24, 2.45) is 13.0 Å². The number of aromatic nitrogens is 1. The van der Waals surface area contributed by atoms with Gasteiger partial charge in [0.15, 0.2) is 0 Å². The minimum atomic E-state index is 0.330. The highest BCUT2D eigenvalue weighted by Gasteiger charge is 2.39. The second-order valence-electron chi connectivity index (χ2n) is 9.36. The van der Waals surface area contributed by atoms with E-state index in [1.54, 1.807) is 7.11 Å². The number of nitrogens with zero attached hydrogens (tertiary/aromatic N) is 3. The lowest BCUT2D eigenvalue weighted by molar-refractivity contribution is -0.141. The maximum Gasteiger partial charge on any atom is 0.222 e. The van der Waals surface area contributed by atoms with Crippen molar-refractivity contribution < 1.29 is 9.53 Å². The molecule has 2 atom stereocenters. The zero-order chi connectivity index (χ0) is 22.1. The van der Waals surface area contributed by atoms with E-state index in [9.17, 15) is 4.79 Å². The van der Waals surface area contributed by atoms with Gasteiger partial charge in [-0.3, -0.25) is 9.69 Å². The Morgan fingerprint density at radius 2 is 1.97 bits per heavy atom. The van der Waals surface area contributed by atoms with Crippen molar-refractivity contribution in [1.29, 1.82) is 0 Å². The number of methoxy groups -OCH3 is 1. The van der Waals surface area contributed by atoms with Crippen LogP contribution in [0.1, 0.15) is 30.4 Å². The fourth-order valence-corrected chi connectivity index (χ4v) is 5.73. The lowest BCUT2D eigenvalue weighted by Gasteiger charge is -2.47. The van der Waals surface area contributed by atoms with Crippen LogP contribution in [0.3, 0.4) is 0 Å². The van der Waals surface area contributed by atoms with E-state index >= 15 is 0 Å². The van der Waals surface area contributed by atoms with Crippen LogP contribution >= 0.6 is 0 Å². The van der Waals surface area contributed by atoms with Crippen LogP contribution in [0.2, 0.25) is 0 Å². The van der Waals surface area contributed by atoms with E-state index in [4.69, 9.17) is 4.74 Å². The average Bonchev–Trinajstić information content (AvgIpc) is 3.14. The number of fused-ring (bicyclic) bond motifs is 2. The first kappa shape index (κ1) is 21.1. The molecule has 5 nitrogen and oxygen atoms in total. The van der Waals surface area contributed by atoms with E-state index in [0.29, 0.717) is 24.3 Å². The molecule has 5 rings (SSSR count). The number of likely N-dealkylation sites (tertiary alicyclic amines) is 2. The van der Waals surface area contributed by atoms with E-state index in [1.807, 2.05) is 12.1 Å². The van der Waals surface area contributed by atoms with Gasteiger partial charge < -0.3 is 14.2 Å². The monoisotopic (exact) mass is 431 g/mol. The Morgan fingerprint density at radius 3 is 2.84 bits per heavy atom. The summed E-state index contributed by atoms with van der Waals surface area (Å²) in [7, 11) is 3.83. The smallest absolute Gasteiger partial charge is 0.222 e. The molecule has 168 valence electrons. The number of benzene rings is 2. The minimum absolute atomic E-state index is 0.330. The second kappa shape index (κ2) is 8.99. The molecule has 2 saturated heterocycles. The maximum atomic E-state index is 12.8. The van der Waals surface area contributed by atoms with Crippen molar-refractivity contribution in [2.45, 2.75) is 38.3 Å². The summed E-state index contributed by atoms with van der Waals surface area (Å²) >= 11 is 0. The Morgan fingerprint density at radius 1 is 1.09 bits per heavy atom. The Bertz CT molecular complexity index is 1110. The van der Waals surface area contributed by atoms with Crippen LogP contribution in [-0.4, -0.2) is 53.1 Å². The fraction of sp³-hybridized carbons (Fsp3) is 0.444. The van der Waals surface area contributed by atoms with Crippen molar-refractivity contribution in [1.82, 2.24) is 14.4 Å². The molecule has 0 bridgehead atoms. The van der Waals surface area contributed by atoms with Gasteiger partial charge in [-0.1, -0.05) is 30.3 Å². The molecule has 0 spiro atoms. The fourth-order valence-electron chi connectivity index (χ4n) is 5.73. The van der Waals surface area contributed by atoms with E-state index in [0.717, 1.165) is 51.2 Å². The Hall–Kier alpha value is -2.79. The molecule has 2 aromatic carbocycles. The summed E-state index contributed by atoms with van der Waals surface area (Å²) in [4.78, 5) is 17.6. The van der Waals surface area contributed by atoms with Gasteiger partial charge in [-0.15, -0.1) is 0 Å². The highest BCUT2D eigenvalue weighted by molar-refractivity contribution is 5.83. The molecular weight excluding hydrogens is 398 g/mol. The van der Waals surface area contributed by atoms with Crippen LogP contribution in [0, 0.1) is 5.92 Å². The minimum Gasteiger partial charge on any atom is -0.497 e. The molecule has 0 saturated carbocycles. The summed E-state index contributed by atoms with van der Waals surface area (Å²) in [5.41, 5.74) is 3.93.